The maximum Gasteiger partial charge on any atom is 0.260 e. The second-order valence-electron chi connectivity index (χ2n) is 3.41. The number of methoxy groups -OCH3 is 1. The molecular weight excluding hydrogens is 236 g/mol. The second-order valence-corrected chi connectivity index (χ2v) is 3.41. The van der Waals surface area contributed by atoms with Gasteiger partial charge in [-0.25, -0.2) is 9.97 Å². The predicted molar refractivity (Wildman–Crippen MR) is 63.2 cm³/mol. The lowest BCUT2D eigenvalue weighted by Gasteiger charge is -2.06. The molecule has 3 N–H and O–H groups in total. The summed E-state index contributed by atoms with van der Waals surface area (Å²) in [6.45, 7) is 0. The van der Waals surface area contributed by atoms with E-state index in [-0.39, 0.29) is 5.56 Å². The first-order valence-electron chi connectivity index (χ1n) is 5.01. The highest BCUT2D eigenvalue weighted by Crippen LogP contribution is 2.23. The summed E-state index contributed by atoms with van der Waals surface area (Å²) in [5, 5.41) is 0. The largest absolute Gasteiger partial charge is 0.479 e. The summed E-state index contributed by atoms with van der Waals surface area (Å²) in [6, 6.07) is 1.35. The van der Waals surface area contributed by atoms with Crippen LogP contribution in [0.5, 0.6) is 5.88 Å². The van der Waals surface area contributed by atoms with Crippen molar-refractivity contribution >= 4 is 5.91 Å². The minimum Gasteiger partial charge on any atom is -0.479 e. The van der Waals surface area contributed by atoms with E-state index in [4.69, 9.17) is 10.5 Å². The molecule has 0 aliphatic carbocycles. The number of amides is 1. The van der Waals surface area contributed by atoms with Crippen molar-refractivity contribution in [3.8, 4) is 17.1 Å². The van der Waals surface area contributed by atoms with E-state index in [1.807, 2.05) is 0 Å². The van der Waals surface area contributed by atoms with E-state index in [0.29, 0.717) is 17.1 Å². The highest BCUT2D eigenvalue weighted by Gasteiger charge is 2.13. The molecule has 92 valence electrons. The summed E-state index contributed by atoms with van der Waals surface area (Å²) in [5.41, 5.74) is 5.33. The molecule has 0 aromatic carbocycles. The number of aromatic nitrogens is 3. The highest BCUT2D eigenvalue weighted by molar-refractivity contribution is 5.93. The average Bonchev–Trinajstić information content (AvgIpc) is 2.39. The van der Waals surface area contributed by atoms with Gasteiger partial charge in [0.2, 0.25) is 5.88 Å². The van der Waals surface area contributed by atoms with Crippen LogP contribution in [-0.4, -0.2) is 28.0 Å². The zero-order valence-corrected chi connectivity index (χ0v) is 9.51. The fraction of sp³-hybridized carbons (Fsp3) is 0.0909. The van der Waals surface area contributed by atoms with E-state index in [1.54, 1.807) is 0 Å². The summed E-state index contributed by atoms with van der Waals surface area (Å²) in [4.78, 5) is 33.0. The lowest BCUT2D eigenvalue weighted by molar-refractivity contribution is 0.0999. The Hall–Kier alpha value is -2.70. The molecule has 0 saturated carbocycles. The number of H-pyrrole nitrogens is 1. The number of nitrogens with one attached hydrogen (secondary N) is 1. The van der Waals surface area contributed by atoms with E-state index in [2.05, 4.69) is 15.0 Å². The molecule has 0 fully saturated rings. The van der Waals surface area contributed by atoms with Crippen molar-refractivity contribution in [2.24, 2.45) is 5.73 Å². The Bertz CT molecular complexity index is 651. The Kier molecular flexibility index (Phi) is 3.05. The molecule has 0 radical (unpaired) electrons. The Morgan fingerprint density at radius 3 is 2.78 bits per heavy atom. The van der Waals surface area contributed by atoms with Gasteiger partial charge in [0.25, 0.3) is 11.5 Å². The smallest absolute Gasteiger partial charge is 0.260 e. The van der Waals surface area contributed by atoms with Crippen molar-refractivity contribution in [2.75, 3.05) is 7.11 Å². The Labute approximate surface area is 102 Å². The van der Waals surface area contributed by atoms with Gasteiger partial charge in [-0.1, -0.05) is 0 Å². The minimum atomic E-state index is -0.805. The molecule has 18 heavy (non-hydrogen) atoms. The van der Waals surface area contributed by atoms with Crippen molar-refractivity contribution in [3.05, 3.63) is 40.6 Å². The molecule has 0 spiro atoms. The summed E-state index contributed by atoms with van der Waals surface area (Å²) >= 11 is 0. The lowest BCUT2D eigenvalue weighted by atomic mass is 10.1. The minimum absolute atomic E-state index is 0.139. The van der Waals surface area contributed by atoms with Crippen LogP contribution in [0.25, 0.3) is 11.3 Å². The zero-order valence-electron chi connectivity index (χ0n) is 9.51. The Balaban J connectivity index is 2.61. The molecule has 0 unspecified atom stereocenters. The maximum atomic E-state index is 11.4. The molecule has 0 aliphatic rings. The van der Waals surface area contributed by atoms with E-state index in [0.717, 1.165) is 0 Å². The number of primary amides is 1. The number of carbonyl (C=O) groups is 1. The van der Waals surface area contributed by atoms with Crippen LogP contribution >= 0.6 is 0 Å². The van der Waals surface area contributed by atoms with Crippen LogP contribution in [0.3, 0.4) is 0 Å². The van der Waals surface area contributed by atoms with Crippen LogP contribution in [0.1, 0.15) is 10.4 Å². The number of pyridine rings is 1. The van der Waals surface area contributed by atoms with Gasteiger partial charge in [0.05, 0.1) is 7.11 Å². The number of nitrogens with two attached hydrogens (primary N) is 1. The monoisotopic (exact) mass is 246 g/mol. The molecule has 0 atom stereocenters. The number of rotatable bonds is 3. The van der Waals surface area contributed by atoms with Crippen molar-refractivity contribution in [2.45, 2.75) is 0 Å². The van der Waals surface area contributed by atoms with Gasteiger partial charge in [-0.15, -0.1) is 0 Å². The normalized spacial score (nSPS) is 10.1. The summed E-state index contributed by atoms with van der Waals surface area (Å²) in [7, 11) is 1.45. The predicted octanol–water partition coefficient (Wildman–Crippen LogP) is -0.0606. The third-order valence-electron chi connectivity index (χ3n) is 2.30. The lowest BCUT2D eigenvalue weighted by Crippen LogP contribution is -2.23. The van der Waals surface area contributed by atoms with Gasteiger partial charge in [0.15, 0.2) is 0 Å². The van der Waals surface area contributed by atoms with Crippen molar-refractivity contribution in [1.29, 1.82) is 0 Å². The van der Waals surface area contributed by atoms with Gasteiger partial charge in [0.1, 0.15) is 11.3 Å². The maximum absolute atomic E-state index is 11.4. The molecule has 7 heteroatoms. The van der Waals surface area contributed by atoms with Crippen molar-refractivity contribution in [1.82, 2.24) is 15.0 Å². The van der Waals surface area contributed by atoms with Crippen LogP contribution in [0, 0.1) is 0 Å². The third-order valence-corrected chi connectivity index (χ3v) is 2.30. The van der Waals surface area contributed by atoms with E-state index < -0.39 is 11.5 Å². The number of carbonyl (C=O) groups excluding carboxylic acids is 1. The van der Waals surface area contributed by atoms with Gasteiger partial charge >= 0.3 is 0 Å². The summed E-state index contributed by atoms with van der Waals surface area (Å²) in [6.07, 6.45) is 4.37. The number of hydrogen-bond acceptors (Lipinski definition) is 5. The second kappa shape index (κ2) is 4.66. The molecular formula is C11H10N4O3. The molecule has 0 bridgehead atoms. The quantitative estimate of drug-likeness (QED) is 0.788. The first kappa shape index (κ1) is 11.8. The standard InChI is InChI=1S/C11H10N4O3/c1-18-11-8(13-2-3-14-11)6-4-7(9(12)16)10(17)15-5-6/h2-5H,1H3,(H2,12,16)(H,15,17). The van der Waals surface area contributed by atoms with Crippen LogP contribution in [0.2, 0.25) is 0 Å². The molecule has 7 nitrogen and oxygen atoms in total. The zero-order chi connectivity index (χ0) is 13.1. The molecule has 2 aromatic heterocycles. The SMILES string of the molecule is COc1nccnc1-c1c[nH]c(=O)c(C(N)=O)c1. The molecule has 0 saturated heterocycles. The molecule has 2 aromatic rings. The van der Waals surface area contributed by atoms with Gasteiger partial charge in [0, 0.05) is 24.2 Å². The van der Waals surface area contributed by atoms with Gasteiger partial charge < -0.3 is 15.5 Å². The molecule has 1 amide bonds. The fourth-order valence-electron chi connectivity index (χ4n) is 1.48. The van der Waals surface area contributed by atoms with Crippen molar-refractivity contribution in [3.63, 3.8) is 0 Å². The highest BCUT2D eigenvalue weighted by atomic mass is 16.5. The van der Waals surface area contributed by atoms with Crippen molar-refractivity contribution < 1.29 is 9.53 Å². The number of ether oxygens (including phenoxy) is 1. The van der Waals surface area contributed by atoms with Crippen LogP contribution < -0.4 is 16.0 Å². The summed E-state index contributed by atoms with van der Waals surface area (Å²) in [5.74, 6) is -0.513. The van der Waals surface area contributed by atoms with E-state index in [1.165, 1.54) is 31.8 Å². The van der Waals surface area contributed by atoms with Gasteiger partial charge in [-0.05, 0) is 6.07 Å². The number of nitrogens with zero attached hydrogens (tertiary/aromatic N) is 2. The van der Waals surface area contributed by atoms with Crippen LogP contribution in [-0.2, 0) is 0 Å². The van der Waals surface area contributed by atoms with Crippen LogP contribution in [0.4, 0.5) is 0 Å². The Morgan fingerprint density at radius 2 is 2.11 bits per heavy atom. The third kappa shape index (κ3) is 2.05. The molecule has 2 heterocycles. The topological polar surface area (TPSA) is 111 Å². The first-order chi connectivity index (χ1) is 8.63. The Morgan fingerprint density at radius 1 is 1.39 bits per heavy atom. The molecule has 2 rings (SSSR count). The van der Waals surface area contributed by atoms with Gasteiger partial charge in [-0.3, -0.25) is 9.59 Å². The number of hydrogen-bond donors (Lipinski definition) is 2. The van der Waals surface area contributed by atoms with E-state index >= 15 is 0 Å². The van der Waals surface area contributed by atoms with Crippen LogP contribution in [0.15, 0.2) is 29.5 Å². The van der Waals surface area contributed by atoms with E-state index in [9.17, 15) is 9.59 Å². The number of aromatic amines is 1. The fourth-order valence-corrected chi connectivity index (χ4v) is 1.48. The van der Waals surface area contributed by atoms with Gasteiger partial charge in [-0.2, -0.15) is 0 Å². The average molecular weight is 246 g/mol. The summed E-state index contributed by atoms with van der Waals surface area (Å²) < 4.78 is 5.05. The molecule has 0 aliphatic heterocycles. The first-order valence-corrected chi connectivity index (χ1v) is 5.01.